The minimum atomic E-state index is -5.08. The maximum Gasteiger partial charge on any atom is 0.435 e. The molecular formula is C40H32F8N10O2S. The summed E-state index contributed by atoms with van der Waals surface area (Å²) in [6, 6.07) is 6.37. The van der Waals surface area contributed by atoms with Crippen LogP contribution in [0.4, 0.5) is 45.9 Å². The van der Waals surface area contributed by atoms with Gasteiger partial charge < -0.3 is 20.9 Å². The lowest BCUT2D eigenvalue weighted by atomic mass is 9.73. The molecule has 316 valence electrons. The number of primary amides is 1. The van der Waals surface area contributed by atoms with Crippen molar-refractivity contribution in [2.45, 2.75) is 49.9 Å². The van der Waals surface area contributed by atoms with E-state index >= 15 is 8.78 Å². The Labute approximate surface area is 344 Å². The number of rotatable bonds is 10. The number of alkyl halides is 5. The Hall–Kier alpha value is -6.25. The second-order valence-corrected chi connectivity index (χ2v) is 16.2. The van der Waals surface area contributed by atoms with Crippen molar-refractivity contribution in [2.24, 2.45) is 11.7 Å². The number of benzene rings is 2. The van der Waals surface area contributed by atoms with Crippen LogP contribution in [0, 0.1) is 23.4 Å². The lowest BCUT2D eigenvalue weighted by Crippen LogP contribution is -2.46. The molecule has 0 unspecified atom stereocenters. The molecule has 1 saturated heterocycles. The summed E-state index contributed by atoms with van der Waals surface area (Å²) in [5.41, 5.74) is 3.32. The van der Waals surface area contributed by atoms with Crippen molar-refractivity contribution in [3.05, 3.63) is 112 Å². The minimum absolute atomic E-state index is 0.00244. The number of nitrogens with two attached hydrogens (primary N) is 1. The standard InChI is InChI=1S/C40H32F8N10O2S/c41-21-9-19(10-22(42)13-21)11-29(52-31(59)17-58-35-32(34(55-58)40(46,47)48)24-2-3-27(24)39(35,44)45)33-25(20-1-4-28(43)26(12-20)36(49)60)14-30-37(53-33)54-38(61-30)57-7-5-56(6-8-57)23-15-50-18-51-16-23/h1,4,9-10,12-16,18,24,27,29H,2-3,5-8,11,17H2,(H2,49,60)(H,52,59)/t24-,27+,29-/m0/s1. The number of hydrogen-bond donors (Lipinski definition) is 2. The Bertz CT molecular complexity index is 2680. The molecule has 61 heavy (non-hydrogen) atoms. The number of nitrogens with one attached hydrogen (secondary N) is 1. The molecular weight excluding hydrogens is 837 g/mol. The fourth-order valence-corrected chi connectivity index (χ4v) is 9.50. The first kappa shape index (κ1) is 40.2. The molecule has 12 nitrogen and oxygen atoms in total. The van der Waals surface area contributed by atoms with Gasteiger partial charge in [-0.2, -0.15) is 32.0 Å². The highest BCUT2D eigenvalue weighted by atomic mass is 32.1. The van der Waals surface area contributed by atoms with Gasteiger partial charge in [-0.15, -0.1) is 0 Å². The summed E-state index contributed by atoms with van der Waals surface area (Å²) in [5, 5.41) is 6.70. The molecule has 5 heterocycles. The Morgan fingerprint density at radius 3 is 2.30 bits per heavy atom. The van der Waals surface area contributed by atoms with Gasteiger partial charge in [-0.25, -0.2) is 28.1 Å². The zero-order valence-electron chi connectivity index (χ0n) is 31.6. The Morgan fingerprint density at radius 1 is 0.934 bits per heavy atom. The third-order valence-corrected chi connectivity index (χ3v) is 12.5. The maximum absolute atomic E-state index is 15.7. The number of hydrogen-bond acceptors (Lipinski definition) is 10. The summed E-state index contributed by atoms with van der Waals surface area (Å²) in [7, 11) is 0. The molecule has 4 aromatic heterocycles. The summed E-state index contributed by atoms with van der Waals surface area (Å²) >= 11 is 1.27. The molecule has 1 aliphatic heterocycles. The van der Waals surface area contributed by atoms with Crippen molar-refractivity contribution in [3.63, 3.8) is 0 Å². The summed E-state index contributed by atoms with van der Waals surface area (Å²) in [6.45, 7) is 1.23. The lowest BCUT2D eigenvalue weighted by molar-refractivity contribution is -0.144. The van der Waals surface area contributed by atoms with Gasteiger partial charge >= 0.3 is 6.18 Å². The van der Waals surface area contributed by atoms with Gasteiger partial charge in [0.1, 0.15) is 36.0 Å². The van der Waals surface area contributed by atoms with Crippen LogP contribution in [-0.4, -0.2) is 67.7 Å². The molecule has 9 rings (SSSR count). The van der Waals surface area contributed by atoms with E-state index in [9.17, 15) is 35.9 Å². The van der Waals surface area contributed by atoms with Crippen LogP contribution < -0.4 is 20.9 Å². The van der Waals surface area contributed by atoms with Gasteiger partial charge in [-0.1, -0.05) is 17.4 Å². The zero-order valence-corrected chi connectivity index (χ0v) is 32.4. The molecule has 2 aliphatic carbocycles. The molecule has 1 saturated carbocycles. The van der Waals surface area contributed by atoms with E-state index in [1.165, 1.54) is 29.8 Å². The first-order chi connectivity index (χ1) is 29.0. The molecule has 2 fully saturated rings. The Balaban J connectivity index is 1.12. The van der Waals surface area contributed by atoms with E-state index in [2.05, 4.69) is 25.3 Å². The summed E-state index contributed by atoms with van der Waals surface area (Å²) in [6.07, 6.45) is -0.512. The van der Waals surface area contributed by atoms with Gasteiger partial charge in [-0.3, -0.25) is 14.3 Å². The summed E-state index contributed by atoms with van der Waals surface area (Å²) in [5.74, 6) is -11.1. The van der Waals surface area contributed by atoms with Crippen LogP contribution in [0.2, 0.25) is 0 Å². The number of halogens is 8. The molecule has 6 aromatic rings. The number of fused-ring (bicyclic) bond motifs is 4. The van der Waals surface area contributed by atoms with Gasteiger partial charge in [-0.05, 0) is 66.6 Å². The van der Waals surface area contributed by atoms with Gasteiger partial charge in [0.15, 0.2) is 16.5 Å². The fourth-order valence-electron chi connectivity index (χ4n) is 8.50. The van der Waals surface area contributed by atoms with Crippen molar-refractivity contribution < 1.29 is 44.7 Å². The van der Waals surface area contributed by atoms with E-state index in [-0.39, 0.29) is 47.3 Å². The van der Waals surface area contributed by atoms with Crippen LogP contribution in [0.25, 0.3) is 21.5 Å². The predicted molar refractivity (Wildman–Crippen MR) is 205 cm³/mol. The minimum Gasteiger partial charge on any atom is -0.366 e. The van der Waals surface area contributed by atoms with Crippen LogP contribution >= 0.6 is 11.3 Å². The van der Waals surface area contributed by atoms with Crippen LogP contribution in [0.15, 0.2) is 61.2 Å². The number of piperazine rings is 1. The number of pyridine rings is 1. The van der Waals surface area contributed by atoms with Crippen molar-refractivity contribution in [3.8, 4) is 11.1 Å². The molecule has 21 heteroatoms. The van der Waals surface area contributed by atoms with Crippen molar-refractivity contribution in [1.82, 2.24) is 35.0 Å². The van der Waals surface area contributed by atoms with Gasteiger partial charge in [0.05, 0.1) is 40.1 Å². The molecule has 3 N–H and O–H groups in total. The summed E-state index contributed by atoms with van der Waals surface area (Å²) in [4.78, 5) is 48.2. The van der Waals surface area contributed by atoms with Gasteiger partial charge in [0.2, 0.25) is 5.91 Å². The third kappa shape index (κ3) is 7.37. The van der Waals surface area contributed by atoms with E-state index in [1.54, 1.807) is 18.5 Å². The number of carbonyl (C=O) groups excluding carboxylic acids is 2. The third-order valence-electron chi connectivity index (χ3n) is 11.4. The number of carbonyl (C=O) groups is 2. The molecule has 2 amide bonds. The number of nitrogens with zero attached hydrogens (tertiary/aromatic N) is 8. The van der Waals surface area contributed by atoms with Crippen LogP contribution in [-0.2, 0) is 29.9 Å². The van der Waals surface area contributed by atoms with Crippen LogP contribution in [0.3, 0.4) is 0 Å². The van der Waals surface area contributed by atoms with Gasteiger partial charge in [0.25, 0.3) is 11.8 Å². The largest absolute Gasteiger partial charge is 0.435 e. The van der Waals surface area contributed by atoms with Gasteiger partial charge in [0, 0.05) is 49.3 Å². The van der Waals surface area contributed by atoms with E-state index in [4.69, 9.17) is 15.7 Å². The number of aromatic nitrogens is 6. The lowest BCUT2D eigenvalue weighted by Gasteiger charge is -2.35. The summed E-state index contributed by atoms with van der Waals surface area (Å²) < 4.78 is 119. The van der Waals surface area contributed by atoms with Crippen LogP contribution in [0.5, 0.6) is 0 Å². The number of anilines is 2. The monoisotopic (exact) mass is 868 g/mol. The predicted octanol–water partition coefficient (Wildman–Crippen LogP) is 6.91. The van der Waals surface area contributed by atoms with E-state index in [1.807, 2.05) is 4.90 Å². The number of thiazole rings is 1. The Morgan fingerprint density at radius 2 is 1.64 bits per heavy atom. The highest BCUT2D eigenvalue weighted by Gasteiger charge is 2.63. The van der Waals surface area contributed by atoms with Crippen molar-refractivity contribution in [2.75, 3.05) is 36.0 Å². The van der Waals surface area contributed by atoms with Crippen molar-refractivity contribution in [1.29, 1.82) is 0 Å². The van der Waals surface area contributed by atoms with E-state index in [0.29, 0.717) is 46.8 Å². The zero-order chi connectivity index (χ0) is 43.0. The average molecular weight is 869 g/mol. The Kier molecular flexibility index (Phi) is 9.90. The molecule has 0 radical (unpaired) electrons. The second kappa shape index (κ2) is 15.0. The normalized spacial score (nSPS) is 18.8. The molecule has 2 aromatic carbocycles. The topological polar surface area (TPSA) is 148 Å². The molecule has 3 atom stereocenters. The maximum atomic E-state index is 15.7. The molecule has 0 bridgehead atoms. The van der Waals surface area contributed by atoms with Crippen LogP contribution in [0.1, 0.15) is 63.4 Å². The quantitative estimate of drug-likeness (QED) is 0.140. The smallest absolute Gasteiger partial charge is 0.366 e. The molecule has 3 aliphatic rings. The average Bonchev–Trinajstić information content (AvgIpc) is 3.82. The second-order valence-electron chi connectivity index (χ2n) is 15.2. The number of amides is 2. The van der Waals surface area contributed by atoms with E-state index < -0.39 is 88.3 Å². The first-order valence-electron chi connectivity index (χ1n) is 19.0. The SMILES string of the molecule is NC(=O)c1cc(-c2cc3sc(N4CCN(c5cncnc5)CC4)nc3nc2[C@H](Cc2cc(F)cc(F)c2)NC(=O)Cn2nc(C(F)(F)F)c3c2C(F)(F)[C@@H]2CC[C@H]32)ccc1F. The fraction of sp³-hybridized carbons (Fsp3) is 0.325. The van der Waals surface area contributed by atoms with E-state index in [0.717, 1.165) is 23.9 Å². The highest BCUT2D eigenvalue weighted by Crippen LogP contribution is 2.64. The van der Waals surface area contributed by atoms with Crippen molar-refractivity contribution >= 4 is 44.3 Å². The first-order valence-corrected chi connectivity index (χ1v) is 19.8. The molecule has 0 spiro atoms. The highest BCUT2D eigenvalue weighted by molar-refractivity contribution is 7.22.